The Morgan fingerprint density at radius 3 is 2.26 bits per heavy atom. The summed E-state index contributed by atoms with van der Waals surface area (Å²) in [5.74, 6) is 0.432. The van der Waals surface area contributed by atoms with Crippen LogP contribution in [-0.4, -0.2) is 45.2 Å². The minimum atomic E-state index is -3.55. The van der Waals surface area contributed by atoms with Crippen molar-refractivity contribution in [3.63, 3.8) is 0 Å². The predicted molar refractivity (Wildman–Crippen MR) is 132 cm³/mol. The van der Waals surface area contributed by atoms with Gasteiger partial charge in [0.1, 0.15) is 0 Å². The van der Waals surface area contributed by atoms with Gasteiger partial charge in [-0.15, -0.1) is 0 Å². The Kier molecular flexibility index (Phi) is 6.95. The van der Waals surface area contributed by atoms with Crippen LogP contribution in [0.4, 0.5) is 16.2 Å². The van der Waals surface area contributed by atoms with Crippen molar-refractivity contribution in [1.29, 1.82) is 0 Å². The van der Waals surface area contributed by atoms with Crippen molar-refractivity contribution in [3.05, 3.63) is 42.5 Å². The average Bonchev–Trinajstić information content (AvgIpc) is 2.83. The highest BCUT2D eigenvalue weighted by atomic mass is 32.2. The summed E-state index contributed by atoms with van der Waals surface area (Å²) in [5.41, 5.74) is 2.56. The largest absolute Gasteiger partial charge is 0.465 e. The van der Waals surface area contributed by atoms with Crippen LogP contribution in [0.25, 0.3) is 11.1 Å². The maximum absolute atomic E-state index is 13.3. The summed E-state index contributed by atoms with van der Waals surface area (Å²) in [6, 6.07) is 11.5. The number of carbonyl (C=O) groups excluding carboxylic acids is 1. The van der Waals surface area contributed by atoms with Crippen molar-refractivity contribution in [2.24, 2.45) is 5.92 Å². The van der Waals surface area contributed by atoms with Gasteiger partial charge in [0.2, 0.25) is 15.9 Å². The van der Waals surface area contributed by atoms with Crippen molar-refractivity contribution in [2.45, 2.75) is 56.4 Å². The molecule has 1 atom stereocenters. The highest BCUT2D eigenvalue weighted by Crippen LogP contribution is 2.40. The zero-order chi connectivity index (χ0) is 24.5. The first kappa shape index (κ1) is 24.2. The first-order valence-electron chi connectivity index (χ1n) is 11.7. The van der Waals surface area contributed by atoms with E-state index in [1.807, 2.05) is 13.0 Å². The molecule has 0 bridgehead atoms. The van der Waals surface area contributed by atoms with Gasteiger partial charge in [-0.05, 0) is 68.1 Å². The number of carboxylic acid groups (broad SMARTS) is 1. The van der Waals surface area contributed by atoms with Gasteiger partial charge in [0.05, 0.1) is 22.3 Å². The smallest absolute Gasteiger partial charge is 0.411 e. The SMILES string of the molecule is CNS(=O)(=O)c1ccc(-c2ccc3c(c2)N(C(=O)O)C[C@H](C)N3C(=O)CC2CCCCC2)cc1. The molecular formula is C25H31N3O5S. The maximum Gasteiger partial charge on any atom is 0.411 e. The Hall–Kier alpha value is -2.91. The predicted octanol–water partition coefficient (Wildman–Crippen LogP) is 4.45. The van der Waals surface area contributed by atoms with Crippen LogP contribution < -0.4 is 14.5 Å². The summed E-state index contributed by atoms with van der Waals surface area (Å²) in [6.45, 7) is 2.08. The first-order valence-corrected chi connectivity index (χ1v) is 13.2. The van der Waals surface area contributed by atoms with E-state index in [1.54, 1.807) is 29.2 Å². The van der Waals surface area contributed by atoms with Crippen molar-refractivity contribution in [3.8, 4) is 11.1 Å². The summed E-state index contributed by atoms with van der Waals surface area (Å²) < 4.78 is 26.3. The molecule has 1 aliphatic carbocycles. The third-order valence-electron chi connectivity index (χ3n) is 6.87. The van der Waals surface area contributed by atoms with Crippen molar-refractivity contribution < 1.29 is 23.1 Å². The van der Waals surface area contributed by atoms with Gasteiger partial charge in [0.15, 0.2) is 0 Å². The van der Waals surface area contributed by atoms with E-state index in [9.17, 15) is 23.1 Å². The zero-order valence-electron chi connectivity index (χ0n) is 19.5. The molecule has 2 aromatic rings. The lowest BCUT2D eigenvalue weighted by atomic mass is 9.86. The van der Waals surface area contributed by atoms with E-state index in [2.05, 4.69) is 4.72 Å². The van der Waals surface area contributed by atoms with Gasteiger partial charge in [0, 0.05) is 13.0 Å². The number of nitrogens with one attached hydrogen (secondary N) is 1. The molecular weight excluding hydrogens is 454 g/mol. The molecule has 0 unspecified atom stereocenters. The fourth-order valence-corrected chi connectivity index (χ4v) is 5.78. The fraction of sp³-hybridized carbons (Fsp3) is 0.440. The van der Waals surface area contributed by atoms with E-state index < -0.39 is 16.1 Å². The van der Waals surface area contributed by atoms with Crippen LogP contribution in [0.3, 0.4) is 0 Å². The number of carbonyl (C=O) groups is 2. The lowest BCUT2D eigenvalue weighted by molar-refractivity contribution is -0.120. The third kappa shape index (κ3) is 4.81. The van der Waals surface area contributed by atoms with E-state index in [4.69, 9.17) is 0 Å². The summed E-state index contributed by atoms with van der Waals surface area (Å²) in [4.78, 5) is 28.6. The number of rotatable bonds is 5. The van der Waals surface area contributed by atoms with Crippen molar-refractivity contribution in [2.75, 3.05) is 23.4 Å². The number of hydrogen-bond donors (Lipinski definition) is 2. The molecule has 1 heterocycles. The Morgan fingerprint density at radius 1 is 1.00 bits per heavy atom. The van der Waals surface area contributed by atoms with Crippen molar-refractivity contribution >= 4 is 33.4 Å². The molecule has 8 nitrogen and oxygen atoms in total. The van der Waals surface area contributed by atoms with E-state index >= 15 is 0 Å². The highest BCUT2D eigenvalue weighted by molar-refractivity contribution is 7.89. The molecule has 2 N–H and O–H groups in total. The number of benzene rings is 2. The zero-order valence-corrected chi connectivity index (χ0v) is 20.3. The summed E-state index contributed by atoms with van der Waals surface area (Å²) in [5, 5.41) is 9.85. The van der Waals surface area contributed by atoms with Crippen LogP contribution >= 0.6 is 0 Å². The Labute approximate surface area is 200 Å². The topological polar surface area (TPSA) is 107 Å². The third-order valence-corrected chi connectivity index (χ3v) is 8.30. The molecule has 2 aromatic carbocycles. The Morgan fingerprint density at radius 2 is 1.65 bits per heavy atom. The second kappa shape index (κ2) is 9.76. The second-order valence-corrected chi connectivity index (χ2v) is 11.0. The van der Waals surface area contributed by atoms with Crippen molar-refractivity contribution in [1.82, 2.24) is 4.72 Å². The molecule has 0 spiro atoms. The number of sulfonamides is 1. The van der Waals surface area contributed by atoms with Crippen LogP contribution in [0, 0.1) is 5.92 Å². The second-order valence-electron chi connectivity index (χ2n) is 9.15. The number of hydrogen-bond acceptors (Lipinski definition) is 4. The molecule has 2 aliphatic rings. The molecule has 1 aliphatic heterocycles. The molecule has 9 heteroatoms. The summed E-state index contributed by atoms with van der Waals surface area (Å²) in [6.07, 6.45) is 5.11. The lowest BCUT2D eigenvalue weighted by Gasteiger charge is -2.41. The number of anilines is 2. The minimum Gasteiger partial charge on any atom is -0.465 e. The summed E-state index contributed by atoms with van der Waals surface area (Å²) in [7, 11) is -2.19. The first-order chi connectivity index (χ1) is 16.2. The monoisotopic (exact) mass is 485 g/mol. The van der Waals surface area contributed by atoms with Crippen LogP contribution in [0.5, 0.6) is 0 Å². The minimum absolute atomic E-state index is 0.0417. The van der Waals surface area contributed by atoms with Gasteiger partial charge in [-0.2, -0.15) is 0 Å². The average molecular weight is 486 g/mol. The van der Waals surface area contributed by atoms with Gasteiger partial charge in [-0.3, -0.25) is 9.69 Å². The van der Waals surface area contributed by atoms with Crippen LogP contribution in [0.2, 0.25) is 0 Å². The van der Waals surface area contributed by atoms with E-state index in [1.165, 1.54) is 30.5 Å². The molecule has 1 saturated carbocycles. The molecule has 0 radical (unpaired) electrons. The molecule has 34 heavy (non-hydrogen) atoms. The number of amides is 2. The van der Waals surface area contributed by atoms with Gasteiger partial charge >= 0.3 is 6.09 Å². The van der Waals surface area contributed by atoms with Crippen LogP contribution in [0.15, 0.2) is 47.4 Å². The normalized spacial score (nSPS) is 19.1. The number of fused-ring (bicyclic) bond motifs is 1. The van der Waals surface area contributed by atoms with Gasteiger partial charge in [-0.25, -0.2) is 17.9 Å². The number of nitrogens with zero attached hydrogens (tertiary/aromatic N) is 2. The lowest BCUT2D eigenvalue weighted by Crippen LogP contribution is -2.52. The van der Waals surface area contributed by atoms with Gasteiger partial charge < -0.3 is 10.0 Å². The van der Waals surface area contributed by atoms with E-state index in [0.29, 0.717) is 23.7 Å². The fourth-order valence-electron chi connectivity index (χ4n) is 5.05. The van der Waals surface area contributed by atoms with Crippen LogP contribution in [-0.2, 0) is 14.8 Å². The van der Waals surface area contributed by atoms with E-state index in [-0.39, 0.29) is 23.4 Å². The Bertz CT molecular complexity index is 1170. The molecule has 1 fully saturated rings. The summed E-state index contributed by atoms with van der Waals surface area (Å²) >= 11 is 0. The molecule has 0 saturated heterocycles. The van der Waals surface area contributed by atoms with Crippen LogP contribution in [0.1, 0.15) is 45.4 Å². The van der Waals surface area contributed by atoms with Gasteiger partial charge in [0.25, 0.3) is 0 Å². The highest BCUT2D eigenvalue weighted by Gasteiger charge is 2.35. The molecule has 0 aromatic heterocycles. The van der Waals surface area contributed by atoms with Gasteiger partial charge in [-0.1, -0.05) is 37.5 Å². The maximum atomic E-state index is 13.3. The standard InChI is InChI=1S/C25H31N3O5S/c1-17-16-27(25(30)31)23-15-20(19-8-11-21(12-9-19)34(32,33)26-2)10-13-22(23)28(17)24(29)14-18-6-4-3-5-7-18/h8-13,15,17-18,26H,3-7,14,16H2,1-2H3,(H,30,31)/t17-/m0/s1. The molecule has 4 rings (SSSR count). The quantitative estimate of drug-likeness (QED) is 0.651. The molecule has 182 valence electrons. The van der Waals surface area contributed by atoms with E-state index in [0.717, 1.165) is 36.8 Å². The molecule has 2 amide bonds. The Balaban J connectivity index is 1.68.